The summed E-state index contributed by atoms with van der Waals surface area (Å²) in [4.78, 5) is 7.16. The lowest BCUT2D eigenvalue weighted by atomic mass is 10.0. The fourth-order valence-corrected chi connectivity index (χ4v) is 4.25. The van der Waals surface area contributed by atoms with Crippen molar-refractivity contribution in [1.82, 2.24) is 25.4 Å². The maximum Gasteiger partial charge on any atom is 0.191 e. The average molecular weight is 428 g/mol. The summed E-state index contributed by atoms with van der Waals surface area (Å²) in [5.41, 5.74) is 1.14. The molecule has 2 aromatic rings. The molecular formula is C22H33N7O2. The molecule has 0 atom stereocenters. The van der Waals surface area contributed by atoms with Gasteiger partial charge in [0.1, 0.15) is 23.9 Å². The second-order valence-electron chi connectivity index (χ2n) is 7.96. The number of aliphatic imine (C=N–C) groups is 1. The largest absolute Gasteiger partial charge is 0.497 e. The highest BCUT2D eigenvalue weighted by molar-refractivity contribution is 5.80. The van der Waals surface area contributed by atoms with Gasteiger partial charge in [0.25, 0.3) is 0 Å². The number of rotatable bonds is 7. The van der Waals surface area contributed by atoms with E-state index in [2.05, 4.69) is 49.4 Å². The van der Waals surface area contributed by atoms with Crippen LogP contribution in [0.5, 0.6) is 11.5 Å². The average Bonchev–Trinajstić information content (AvgIpc) is 3.42. The second kappa shape index (κ2) is 9.89. The number of hydrogen-bond donors (Lipinski definition) is 2. The van der Waals surface area contributed by atoms with Crippen molar-refractivity contribution in [2.75, 3.05) is 38.8 Å². The standard InChI is InChI=1S/C22H33N7O2/c1-4-23-22(24-15-21-27-26-20-6-5-9-29(20)21)25-16-7-10-28(11-8-16)17-12-18(30-2)14-19(13-17)31-3/h12-14,16H,4-11,15H2,1-3H3,(H2,23,24,25). The summed E-state index contributed by atoms with van der Waals surface area (Å²) in [6.45, 7) is 6.39. The normalized spacial score (nSPS) is 16.9. The number of benzene rings is 1. The Hall–Kier alpha value is -2.97. The lowest BCUT2D eigenvalue weighted by Gasteiger charge is -2.34. The minimum atomic E-state index is 0.380. The molecule has 0 amide bonds. The quantitative estimate of drug-likeness (QED) is 0.516. The monoisotopic (exact) mass is 427 g/mol. The molecule has 0 spiro atoms. The Morgan fingerprint density at radius 3 is 2.52 bits per heavy atom. The number of nitrogens with one attached hydrogen (secondary N) is 2. The first-order chi connectivity index (χ1) is 15.2. The molecule has 1 aromatic heterocycles. The Bertz CT molecular complexity index is 881. The molecule has 2 N–H and O–H groups in total. The Kier molecular flexibility index (Phi) is 6.79. The minimum absolute atomic E-state index is 0.380. The van der Waals surface area contributed by atoms with Crippen LogP contribution in [0.15, 0.2) is 23.2 Å². The third-order valence-electron chi connectivity index (χ3n) is 5.95. The van der Waals surface area contributed by atoms with Crippen molar-refractivity contribution in [3.63, 3.8) is 0 Å². The van der Waals surface area contributed by atoms with Crippen molar-refractivity contribution < 1.29 is 9.47 Å². The third kappa shape index (κ3) is 5.03. The number of hydrogen-bond acceptors (Lipinski definition) is 6. The molecule has 3 heterocycles. The SMILES string of the molecule is CCNC(=NCc1nnc2n1CCC2)NC1CCN(c2cc(OC)cc(OC)c2)CC1. The van der Waals surface area contributed by atoms with Crippen LogP contribution in [0, 0.1) is 0 Å². The summed E-state index contributed by atoms with van der Waals surface area (Å²) >= 11 is 0. The topological polar surface area (TPSA) is 88.8 Å². The van der Waals surface area contributed by atoms with Gasteiger partial charge in [-0.1, -0.05) is 0 Å². The van der Waals surface area contributed by atoms with E-state index in [1.54, 1.807) is 14.2 Å². The van der Waals surface area contributed by atoms with Crippen LogP contribution in [0.2, 0.25) is 0 Å². The Balaban J connectivity index is 1.35. The van der Waals surface area contributed by atoms with Crippen LogP contribution >= 0.6 is 0 Å². The number of piperidine rings is 1. The Labute approximate surface area is 183 Å². The van der Waals surface area contributed by atoms with Crippen LogP contribution in [0.4, 0.5) is 5.69 Å². The van der Waals surface area contributed by atoms with E-state index in [0.717, 1.165) is 86.7 Å². The van der Waals surface area contributed by atoms with Crippen molar-refractivity contribution in [3.05, 3.63) is 29.8 Å². The number of fused-ring (bicyclic) bond motifs is 1. The fraction of sp³-hybridized carbons (Fsp3) is 0.591. The number of methoxy groups -OCH3 is 2. The molecule has 0 bridgehead atoms. The predicted molar refractivity (Wildman–Crippen MR) is 121 cm³/mol. The zero-order valence-corrected chi connectivity index (χ0v) is 18.7. The zero-order valence-electron chi connectivity index (χ0n) is 18.7. The molecule has 0 saturated carbocycles. The van der Waals surface area contributed by atoms with Gasteiger partial charge < -0.3 is 29.6 Å². The van der Waals surface area contributed by atoms with E-state index in [4.69, 9.17) is 14.5 Å². The predicted octanol–water partition coefficient (Wildman–Crippen LogP) is 1.97. The van der Waals surface area contributed by atoms with Gasteiger partial charge in [0, 0.05) is 62.5 Å². The van der Waals surface area contributed by atoms with E-state index in [0.29, 0.717) is 12.6 Å². The lowest BCUT2D eigenvalue weighted by Crippen LogP contribution is -2.48. The maximum absolute atomic E-state index is 5.42. The molecule has 168 valence electrons. The zero-order chi connectivity index (χ0) is 21.6. The van der Waals surface area contributed by atoms with Gasteiger partial charge in [-0.2, -0.15) is 0 Å². The molecular weight excluding hydrogens is 394 g/mol. The molecule has 1 aromatic carbocycles. The highest BCUT2D eigenvalue weighted by Crippen LogP contribution is 2.30. The smallest absolute Gasteiger partial charge is 0.191 e. The van der Waals surface area contributed by atoms with Crippen molar-refractivity contribution in [1.29, 1.82) is 0 Å². The molecule has 1 saturated heterocycles. The first-order valence-corrected chi connectivity index (χ1v) is 11.1. The minimum Gasteiger partial charge on any atom is -0.497 e. The van der Waals surface area contributed by atoms with Crippen LogP contribution in [-0.2, 0) is 19.5 Å². The summed E-state index contributed by atoms with van der Waals surface area (Å²) < 4.78 is 13.0. The van der Waals surface area contributed by atoms with E-state index < -0.39 is 0 Å². The Morgan fingerprint density at radius 1 is 1.10 bits per heavy atom. The lowest BCUT2D eigenvalue weighted by molar-refractivity contribution is 0.393. The summed E-state index contributed by atoms with van der Waals surface area (Å²) in [6, 6.07) is 6.42. The molecule has 4 rings (SSSR count). The van der Waals surface area contributed by atoms with E-state index in [-0.39, 0.29) is 0 Å². The van der Waals surface area contributed by atoms with E-state index in [1.165, 1.54) is 0 Å². The summed E-state index contributed by atoms with van der Waals surface area (Å²) in [5.74, 6) is 4.52. The van der Waals surface area contributed by atoms with Crippen LogP contribution in [-0.4, -0.2) is 60.6 Å². The van der Waals surface area contributed by atoms with E-state index in [9.17, 15) is 0 Å². The van der Waals surface area contributed by atoms with Crippen LogP contribution in [0.25, 0.3) is 0 Å². The molecule has 9 heteroatoms. The fourth-order valence-electron chi connectivity index (χ4n) is 4.25. The molecule has 9 nitrogen and oxygen atoms in total. The third-order valence-corrected chi connectivity index (χ3v) is 5.95. The van der Waals surface area contributed by atoms with Gasteiger partial charge in [-0.05, 0) is 26.2 Å². The highest BCUT2D eigenvalue weighted by Gasteiger charge is 2.22. The van der Waals surface area contributed by atoms with E-state index in [1.807, 2.05) is 6.07 Å². The van der Waals surface area contributed by atoms with Gasteiger partial charge in [0.05, 0.1) is 14.2 Å². The maximum atomic E-state index is 5.42. The number of ether oxygens (including phenoxy) is 2. The van der Waals surface area contributed by atoms with Gasteiger partial charge in [0.2, 0.25) is 0 Å². The van der Waals surface area contributed by atoms with Gasteiger partial charge in [-0.3, -0.25) is 0 Å². The first kappa shape index (κ1) is 21.3. The summed E-state index contributed by atoms with van der Waals surface area (Å²) in [5, 5.41) is 15.6. The number of guanidine groups is 1. The summed E-state index contributed by atoms with van der Waals surface area (Å²) in [6.07, 6.45) is 4.24. The van der Waals surface area contributed by atoms with Gasteiger partial charge in [0.15, 0.2) is 11.8 Å². The first-order valence-electron chi connectivity index (χ1n) is 11.1. The van der Waals surface area contributed by atoms with Crippen molar-refractivity contribution >= 4 is 11.6 Å². The molecule has 0 radical (unpaired) electrons. The molecule has 2 aliphatic heterocycles. The molecule has 0 aliphatic carbocycles. The van der Waals surface area contributed by atoms with Crippen molar-refractivity contribution in [2.24, 2.45) is 4.99 Å². The number of anilines is 1. The number of aromatic nitrogens is 3. The second-order valence-corrected chi connectivity index (χ2v) is 7.96. The highest BCUT2D eigenvalue weighted by atomic mass is 16.5. The molecule has 31 heavy (non-hydrogen) atoms. The van der Waals surface area contributed by atoms with E-state index >= 15 is 0 Å². The van der Waals surface area contributed by atoms with Gasteiger partial charge in [-0.15, -0.1) is 10.2 Å². The van der Waals surface area contributed by atoms with Gasteiger partial charge in [-0.25, -0.2) is 4.99 Å². The molecule has 0 unspecified atom stereocenters. The van der Waals surface area contributed by atoms with Crippen LogP contribution in [0.1, 0.15) is 37.8 Å². The number of nitrogens with zero attached hydrogens (tertiary/aromatic N) is 5. The van der Waals surface area contributed by atoms with Crippen molar-refractivity contribution in [3.8, 4) is 11.5 Å². The van der Waals surface area contributed by atoms with Crippen LogP contribution in [0.3, 0.4) is 0 Å². The number of aryl methyl sites for hydroxylation is 1. The van der Waals surface area contributed by atoms with Crippen molar-refractivity contribution in [2.45, 2.75) is 51.7 Å². The van der Waals surface area contributed by atoms with Crippen LogP contribution < -0.4 is 25.0 Å². The molecule has 1 fully saturated rings. The Morgan fingerprint density at radius 2 is 1.84 bits per heavy atom. The molecule has 2 aliphatic rings. The summed E-state index contributed by atoms with van der Waals surface area (Å²) in [7, 11) is 3.37. The van der Waals surface area contributed by atoms with Gasteiger partial charge >= 0.3 is 0 Å².